The summed E-state index contributed by atoms with van der Waals surface area (Å²) in [7, 11) is 0. The van der Waals surface area contributed by atoms with Gasteiger partial charge in [0.1, 0.15) is 5.78 Å². The molecule has 5 heteroatoms. The van der Waals surface area contributed by atoms with Crippen LogP contribution in [-0.2, 0) is 4.79 Å². The molecule has 1 heterocycles. The topological polar surface area (TPSA) is 63.5 Å². The number of carbonyl (C=O) groups excluding carboxylic acids is 1. The van der Waals surface area contributed by atoms with E-state index in [1.807, 2.05) is 13.8 Å². The van der Waals surface area contributed by atoms with E-state index in [2.05, 4.69) is 4.90 Å². The van der Waals surface area contributed by atoms with Gasteiger partial charge < -0.3 is 4.90 Å². The van der Waals surface area contributed by atoms with Crippen LogP contribution in [0.25, 0.3) is 0 Å². The number of carbonyl (C=O) groups is 1. The first-order chi connectivity index (χ1) is 9.08. The molecule has 0 bridgehead atoms. The molecule has 102 valence electrons. The van der Waals surface area contributed by atoms with Gasteiger partial charge in [0.05, 0.1) is 4.92 Å². The van der Waals surface area contributed by atoms with E-state index in [1.165, 1.54) is 12.1 Å². The molecule has 0 aromatic heterocycles. The van der Waals surface area contributed by atoms with Crippen molar-refractivity contribution in [2.45, 2.75) is 26.7 Å². The number of nitro benzene ring substituents is 1. The van der Waals surface area contributed by atoms with E-state index in [0.29, 0.717) is 18.6 Å². The van der Waals surface area contributed by atoms with Gasteiger partial charge in [0, 0.05) is 49.2 Å². The second-order valence-corrected chi connectivity index (χ2v) is 5.02. The van der Waals surface area contributed by atoms with Crippen LogP contribution in [0.2, 0.25) is 0 Å². The number of hydrogen-bond donors (Lipinski definition) is 0. The number of hydrogen-bond acceptors (Lipinski definition) is 4. The van der Waals surface area contributed by atoms with Gasteiger partial charge in [-0.2, -0.15) is 0 Å². The third-order valence-electron chi connectivity index (χ3n) is 3.62. The molecule has 1 saturated carbocycles. The fourth-order valence-corrected chi connectivity index (χ4v) is 2.74. The third-order valence-corrected chi connectivity index (χ3v) is 3.62. The molecule has 1 aromatic rings. The van der Waals surface area contributed by atoms with Crippen molar-refractivity contribution in [3.05, 3.63) is 34.4 Å². The van der Waals surface area contributed by atoms with Crippen molar-refractivity contribution in [1.29, 1.82) is 0 Å². The van der Waals surface area contributed by atoms with Crippen LogP contribution in [-0.4, -0.2) is 23.8 Å². The normalized spacial score (nSPS) is 19.1. The first-order valence-corrected chi connectivity index (χ1v) is 6.59. The van der Waals surface area contributed by atoms with Crippen molar-refractivity contribution >= 4 is 17.2 Å². The number of rotatable bonds is 2. The molecule has 19 heavy (non-hydrogen) atoms. The van der Waals surface area contributed by atoms with E-state index in [0.717, 1.165) is 18.8 Å². The number of benzene rings is 1. The van der Waals surface area contributed by atoms with E-state index >= 15 is 0 Å². The zero-order valence-electron chi connectivity index (χ0n) is 11.3. The van der Waals surface area contributed by atoms with Crippen LogP contribution in [0.15, 0.2) is 24.3 Å². The third kappa shape index (κ3) is 2.45. The summed E-state index contributed by atoms with van der Waals surface area (Å²) in [5, 5.41) is 10.5. The summed E-state index contributed by atoms with van der Waals surface area (Å²) in [6.07, 6.45) is 1.41. The minimum Gasteiger partial charge on any atom is -0.370 e. The summed E-state index contributed by atoms with van der Waals surface area (Å²) >= 11 is 0. The maximum absolute atomic E-state index is 11.0. The molecular weight excluding hydrogens is 244 g/mol. The highest BCUT2D eigenvalue weighted by molar-refractivity contribution is 5.87. The number of nitro groups is 1. The molecule has 0 unspecified atom stereocenters. The van der Waals surface area contributed by atoms with Gasteiger partial charge in [-0.1, -0.05) is 13.8 Å². The minimum absolute atomic E-state index is 0.114. The average molecular weight is 262 g/mol. The molecule has 0 atom stereocenters. The SMILES string of the molecule is CC.O=C1CC2(C1)CN(c1ccc([N+](=O)[O-])cc1)C2. The van der Waals surface area contributed by atoms with Gasteiger partial charge in [-0.05, 0) is 12.1 Å². The first kappa shape index (κ1) is 13.5. The zero-order valence-corrected chi connectivity index (χ0v) is 11.3. The lowest BCUT2D eigenvalue weighted by atomic mass is 9.62. The Hall–Kier alpha value is -1.91. The summed E-state index contributed by atoms with van der Waals surface area (Å²) in [6.45, 7) is 5.80. The summed E-state index contributed by atoms with van der Waals surface area (Å²) < 4.78 is 0. The lowest BCUT2D eigenvalue weighted by Crippen LogP contribution is -2.62. The maximum atomic E-state index is 11.0. The van der Waals surface area contributed by atoms with Crippen LogP contribution in [0.4, 0.5) is 11.4 Å². The second-order valence-electron chi connectivity index (χ2n) is 5.02. The number of anilines is 1. The predicted molar refractivity (Wildman–Crippen MR) is 73.3 cm³/mol. The summed E-state index contributed by atoms with van der Waals surface area (Å²) in [5.74, 6) is 0.355. The Morgan fingerprint density at radius 2 is 1.68 bits per heavy atom. The van der Waals surface area contributed by atoms with Crippen molar-refractivity contribution in [3.63, 3.8) is 0 Å². The largest absolute Gasteiger partial charge is 0.370 e. The monoisotopic (exact) mass is 262 g/mol. The first-order valence-electron chi connectivity index (χ1n) is 6.59. The van der Waals surface area contributed by atoms with Gasteiger partial charge in [-0.25, -0.2) is 0 Å². The number of non-ortho nitro benzene ring substituents is 1. The molecule has 0 N–H and O–H groups in total. The van der Waals surface area contributed by atoms with Crippen LogP contribution in [0.3, 0.4) is 0 Å². The molecule has 0 amide bonds. The van der Waals surface area contributed by atoms with Crippen LogP contribution in [0.5, 0.6) is 0 Å². The highest BCUT2D eigenvalue weighted by atomic mass is 16.6. The number of ketones is 1. The fraction of sp³-hybridized carbons (Fsp3) is 0.500. The van der Waals surface area contributed by atoms with Crippen LogP contribution in [0, 0.1) is 15.5 Å². The van der Waals surface area contributed by atoms with Crippen molar-refractivity contribution in [3.8, 4) is 0 Å². The Kier molecular flexibility index (Phi) is 3.55. The molecular formula is C14H18N2O3. The Labute approximate surface area is 112 Å². The molecule has 1 aromatic carbocycles. The van der Waals surface area contributed by atoms with Crippen LogP contribution in [0.1, 0.15) is 26.7 Å². The van der Waals surface area contributed by atoms with Gasteiger partial charge in [0.25, 0.3) is 5.69 Å². The fourth-order valence-electron chi connectivity index (χ4n) is 2.74. The Morgan fingerprint density at radius 1 is 1.16 bits per heavy atom. The summed E-state index contributed by atoms with van der Waals surface area (Å²) in [4.78, 5) is 23.3. The van der Waals surface area contributed by atoms with Crippen LogP contribution >= 0.6 is 0 Å². The summed E-state index contributed by atoms with van der Waals surface area (Å²) in [6, 6.07) is 6.58. The van der Waals surface area contributed by atoms with E-state index in [4.69, 9.17) is 0 Å². The molecule has 5 nitrogen and oxygen atoms in total. The maximum Gasteiger partial charge on any atom is 0.269 e. The standard InChI is InChI=1S/C12H12N2O3.C2H6/c15-11-5-12(6-11)7-13(8-12)9-1-3-10(4-2-9)14(16)17;1-2/h1-4H,5-8H2;1-2H3. The smallest absolute Gasteiger partial charge is 0.269 e. The quantitative estimate of drug-likeness (QED) is 0.607. The molecule has 1 aliphatic carbocycles. The molecule has 2 fully saturated rings. The van der Waals surface area contributed by atoms with Crippen LogP contribution < -0.4 is 4.90 Å². The van der Waals surface area contributed by atoms with Gasteiger partial charge >= 0.3 is 0 Å². The van der Waals surface area contributed by atoms with Gasteiger partial charge in [0.2, 0.25) is 0 Å². The van der Waals surface area contributed by atoms with Crippen molar-refractivity contribution in [2.75, 3.05) is 18.0 Å². The highest BCUT2D eigenvalue weighted by Crippen LogP contribution is 2.47. The Morgan fingerprint density at radius 3 is 2.11 bits per heavy atom. The number of nitrogens with zero attached hydrogens (tertiary/aromatic N) is 2. The lowest BCUT2D eigenvalue weighted by Gasteiger charge is -2.55. The molecule has 3 rings (SSSR count). The molecule has 1 saturated heterocycles. The highest BCUT2D eigenvalue weighted by Gasteiger charge is 2.52. The van der Waals surface area contributed by atoms with E-state index in [9.17, 15) is 14.9 Å². The molecule has 1 aliphatic heterocycles. The zero-order chi connectivity index (χ0) is 14.0. The van der Waals surface area contributed by atoms with Crippen molar-refractivity contribution in [1.82, 2.24) is 0 Å². The second kappa shape index (κ2) is 4.99. The predicted octanol–water partition coefficient (Wildman–Crippen LogP) is 2.79. The van der Waals surface area contributed by atoms with Gasteiger partial charge in [-0.3, -0.25) is 14.9 Å². The van der Waals surface area contributed by atoms with E-state index in [-0.39, 0.29) is 11.1 Å². The number of Topliss-reactive ketones (excluding diaryl/α,β-unsaturated/α-hetero) is 1. The van der Waals surface area contributed by atoms with Gasteiger partial charge in [-0.15, -0.1) is 0 Å². The van der Waals surface area contributed by atoms with Crippen molar-refractivity contribution in [2.24, 2.45) is 5.41 Å². The van der Waals surface area contributed by atoms with E-state index in [1.54, 1.807) is 12.1 Å². The minimum atomic E-state index is -0.397. The molecule has 1 spiro atoms. The Balaban J connectivity index is 0.000000637. The van der Waals surface area contributed by atoms with E-state index < -0.39 is 4.92 Å². The lowest BCUT2D eigenvalue weighted by molar-refractivity contribution is -0.384. The summed E-state index contributed by atoms with van der Waals surface area (Å²) in [5.41, 5.74) is 1.34. The molecule has 2 aliphatic rings. The molecule has 0 radical (unpaired) electrons. The average Bonchev–Trinajstić information content (AvgIpc) is 2.34. The van der Waals surface area contributed by atoms with Gasteiger partial charge in [0.15, 0.2) is 0 Å². The Bertz CT molecular complexity index is 480. The van der Waals surface area contributed by atoms with Crippen molar-refractivity contribution < 1.29 is 9.72 Å².